The molecule has 0 aliphatic carbocycles. The molecule has 0 aromatic heterocycles. The topological polar surface area (TPSA) is 19.4 Å². The van der Waals surface area contributed by atoms with E-state index in [9.17, 15) is 0 Å². The minimum atomic E-state index is 0. The van der Waals surface area contributed by atoms with Crippen molar-refractivity contribution >= 4 is 68.2 Å². The summed E-state index contributed by atoms with van der Waals surface area (Å²) in [6.45, 7) is 19.8. The van der Waals surface area contributed by atoms with E-state index < -0.39 is 0 Å². The Morgan fingerprint density at radius 1 is 0.268 bits per heavy atom. The molecule has 0 saturated carbocycles. The van der Waals surface area contributed by atoms with Gasteiger partial charge in [-0.25, -0.2) is 0 Å². The molecular formula is C75H66IrN6-6. The summed E-state index contributed by atoms with van der Waals surface area (Å²) in [6, 6.07) is 84.1. The van der Waals surface area contributed by atoms with Crippen molar-refractivity contribution in [1.82, 2.24) is 0 Å². The first-order valence-electron chi connectivity index (χ1n) is 28.5. The average Bonchev–Trinajstić information content (AvgIpc) is 4.41. The van der Waals surface area contributed by atoms with Crippen LogP contribution >= 0.6 is 0 Å². The number of fused-ring (bicyclic) bond motifs is 3. The molecule has 0 fully saturated rings. The summed E-state index contributed by atoms with van der Waals surface area (Å²) in [6.07, 6.45) is 5.61. The second kappa shape index (κ2) is 23.3. The van der Waals surface area contributed by atoms with Crippen LogP contribution in [0.2, 0.25) is 0 Å². The largest absolute Gasteiger partial charge is 0.493 e. The maximum absolute atomic E-state index is 3.69. The SMILES string of the molecule is Cc1cccc(C)c1N1[CH-]N(c2[c-]cc(CCc3cc(CCc4c[c-]c(N5[CH-]N(c6c(C)cccc6C)c6ccccc65)cc4)cc(CCc4c[c-]c(N5[CH-]N(c6c(C)cccc6C)c6ccccc65)cc4)c3)cc2)c2ccccc21.[Ir]. The number of aryl methyl sites for hydroxylation is 12. The van der Waals surface area contributed by atoms with Gasteiger partial charge in [0.2, 0.25) is 0 Å². The molecule has 0 spiro atoms. The van der Waals surface area contributed by atoms with Crippen LogP contribution in [-0.4, -0.2) is 0 Å². The van der Waals surface area contributed by atoms with Crippen molar-refractivity contribution in [2.45, 2.75) is 80.1 Å². The Morgan fingerprint density at radius 2 is 0.500 bits per heavy atom. The van der Waals surface area contributed by atoms with Gasteiger partial charge in [-0.05, 0) is 147 Å². The van der Waals surface area contributed by atoms with Crippen LogP contribution in [0, 0.1) is 79.7 Å². The van der Waals surface area contributed by atoms with Gasteiger partial charge in [-0.3, -0.25) is 0 Å². The molecule has 3 aliphatic heterocycles. The first-order chi connectivity index (χ1) is 39.6. The smallest absolute Gasteiger partial charge is 0.0344 e. The Kier molecular flexibility index (Phi) is 15.4. The van der Waals surface area contributed by atoms with Crippen molar-refractivity contribution in [3.8, 4) is 0 Å². The quantitative estimate of drug-likeness (QED) is 0.0946. The van der Waals surface area contributed by atoms with Crippen LogP contribution in [0.5, 0.6) is 0 Å². The molecule has 0 atom stereocenters. The summed E-state index contributed by atoms with van der Waals surface area (Å²) in [7, 11) is 0. The number of rotatable bonds is 15. The van der Waals surface area contributed by atoms with Crippen LogP contribution in [0.15, 0.2) is 200 Å². The van der Waals surface area contributed by atoms with Gasteiger partial charge in [0.05, 0.1) is 0 Å². The second-order valence-corrected chi connectivity index (χ2v) is 22.2. The summed E-state index contributed by atoms with van der Waals surface area (Å²) in [4.78, 5) is 13.8. The van der Waals surface area contributed by atoms with Gasteiger partial charge in [-0.15, -0.1) is 55.3 Å². The van der Waals surface area contributed by atoms with Crippen LogP contribution in [0.1, 0.15) is 66.8 Å². The summed E-state index contributed by atoms with van der Waals surface area (Å²) < 4.78 is 0. The van der Waals surface area contributed by atoms with Gasteiger partial charge in [0.25, 0.3) is 0 Å². The third-order valence-electron chi connectivity index (χ3n) is 16.5. The Labute approximate surface area is 499 Å². The van der Waals surface area contributed by atoms with Crippen LogP contribution < -0.4 is 29.4 Å². The van der Waals surface area contributed by atoms with E-state index in [2.05, 4.69) is 309 Å². The van der Waals surface area contributed by atoms with E-state index >= 15 is 0 Å². The maximum atomic E-state index is 3.69. The van der Waals surface area contributed by atoms with E-state index in [1.807, 2.05) is 0 Å². The molecular weight excluding hydrogens is 1180 g/mol. The second-order valence-electron chi connectivity index (χ2n) is 22.2. The summed E-state index contributed by atoms with van der Waals surface area (Å²) in [5, 5.41) is 0. The molecule has 411 valence electrons. The van der Waals surface area contributed by atoms with Crippen molar-refractivity contribution in [2.75, 3.05) is 29.4 Å². The average molecular weight is 1240 g/mol. The minimum Gasteiger partial charge on any atom is -0.493 e. The van der Waals surface area contributed by atoms with Gasteiger partial charge in [0.15, 0.2) is 0 Å². The normalized spacial score (nSPS) is 13.4. The molecule has 82 heavy (non-hydrogen) atoms. The first kappa shape index (κ1) is 54.2. The van der Waals surface area contributed by atoms with Crippen molar-refractivity contribution in [2.24, 2.45) is 0 Å². The van der Waals surface area contributed by atoms with Crippen LogP contribution in [0.4, 0.5) is 68.2 Å². The molecule has 0 saturated heterocycles. The number of para-hydroxylation sites is 9. The Balaban J connectivity index is 0.00000665. The molecule has 7 heteroatoms. The molecule has 3 heterocycles. The van der Waals surface area contributed by atoms with Gasteiger partial charge in [-0.1, -0.05) is 128 Å². The van der Waals surface area contributed by atoms with Crippen molar-refractivity contribution < 1.29 is 20.1 Å². The molecule has 13 rings (SSSR count). The monoisotopic (exact) mass is 1240 g/mol. The number of hydrogen-bond donors (Lipinski definition) is 0. The summed E-state index contributed by atoms with van der Waals surface area (Å²) >= 11 is 0. The summed E-state index contributed by atoms with van der Waals surface area (Å²) in [5.41, 5.74) is 29.2. The minimum absolute atomic E-state index is 0. The van der Waals surface area contributed by atoms with Gasteiger partial charge in [-0.2, -0.15) is 71.3 Å². The molecule has 0 amide bonds. The molecule has 10 aromatic rings. The van der Waals surface area contributed by atoms with E-state index in [4.69, 9.17) is 0 Å². The molecule has 3 aliphatic rings. The first-order valence-corrected chi connectivity index (χ1v) is 28.5. The third kappa shape index (κ3) is 10.6. The molecule has 0 bridgehead atoms. The number of nitrogens with zero attached hydrogens (tertiary/aromatic N) is 6. The van der Waals surface area contributed by atoms with Crippen molar-refractivity contribution in [3.05, 3.63) is 305 Å². The Hall–Kier alpha value is -8.35. The Morgan fingerprint density at radius 3 is 0.732 bits per heavy atom. The summed E-state index contributed by atoms with van der Waals surface area (Å²) in [5.74, 6) is 0. The molecule has 0 unspecified atom stereocenters. The predicted molar refractivity (Wildman–Crippen MR) is 337 cm³/mol. The van der Waals surface area contributed by atoms with Crippen molar-refractivity contribution in [3.63, 3.8) is 0 Å². The predicted octanol–water partition coefficient (Wildman–Crippen LogP) is 18.5. The van der Waals surface area contributed by atoms with Crippen LogP contribution in [0.3, 0.4) is 0 Å². The number of benzene rings is 10. The van der Waals surface area contributed by atoms with Crippen molar-refractivity contribution in [1.29, 1.82) is 0 Å². The maximum Gasteiger partial charge on any atom is 0.0344 e. The number of hydrogen-bond acceptors (Lipinski definition) is 6. The van der Waals surface area contributed by atoms with E-state index in [0.29, 0.717) is 0 Å². The standard InChI is InChI=1S/C75H66N6.Ir/c1-52-16-13-17-53(2)73(52)79-49-76(67-22-7-10-25-70(67)79)64-40-34-58(35-41-64)28-31-61-46-62(32-29-59-36-42-65(43-37-59)77-50-80(71-26-11-8-23-68(71)77)74-54(3)18-14-19-55(74)4)48-63(47-61)33-30-60-38-44-66(45-39-60)78-51-81(72-27-12-9-24-69(72)78)75-56(5)20-15-21-57(75)6;/h7-27,34-40,42,44,46-51H,28-33H2,1-6H3;/q-6;. The molecule has 6 nitrogen and oxygen atoms in total. The zero-order valence-corrected chi connectivity index (χ0v) is 49.9. The van der Waals surface area contributed by atoms with Crippen LogP contribution in [0.25, 0.3) is 0 Å². The van der Waals surface area contributed by atoms with Gasteiger partial charge < -0.3 is 29.4 Å². The number of anilines is 12. The van der Waals surface area contributed by atoms with E-state index in [1.54, 1.807) is 0 Å². The zero-order chi connectivity index (χ0) is 55.1. The fourth-order valence-electron chi connectivity index (χ4n) is 12.4. The van der Waals surface area contributed by atoms with E-state index in [-0.39, 0.29) is 20.1 Å². The fourth-order valence-corrected chi connectivity index (χ4v) is 12.4. The van der Waals surface area contributed by atoms with Gasteiger partial charge >= 0.3 is 0 Å². The Bertz CT molecular complexity index is 3450. The van der Waals surface area contributed by atoms with Crippen LogP contribution in [-0.2, 0) is 58.6 Å². The molecule has 10 aromatic carbocycles. The molecule has 1 radical (unpaired) electrons. The van der Waals surface area contributed by atoms with E-state index in [0.717, 1.165) is 72.6 Å². The molecule has 0 N–H and O–H groups in total. The third-order valence-corrected chi connectivity index (χ3v) is 16.5. The van der Waals surface area contributed by atoms with Gasteiger partial charge in [0.1, 0.15) is 0 Å². The van der Waals surface area contributed by atoms with Gasteiger partial charge in [0, 0.05) is 71.3 Å². The van der Waals surface area contributed by atoms with E-state index in [1.165, 1.54) is 101 Å². The fraction of sp³-hybridized carbons (Fsp3) is 0.160. The zero-order valence-electron chi connectivity index (χ0n) is 47.5.